The van der Waals surface area contributed by atoms with E-state index >= 15 is 0 Å². The van der Waals surface area contributed by atoms with Crippen LogP contribution in [0.4, 0.5) is 0 Å². The molecule has 0 saturated carbocycles. The van der Waals surface area contributed by atoms with Gasteiger partial charge in [0.25, 0.3) is 0 Å². The molecule has 0 radical (unpaired) electrons. The maximum atomic E-state index is 10.8. The minimum absolute atomic E-state index is 0.0329. The summed E-state index contributed by atoms with van der Waals surface area (Å²) in [5.74, 6) is 0.0329. The van der Waals surface area contributed by atoms with Gasteiger partial charge in [-0.15, -0.1) is 0 Å². The van der Waals surface area contributed by atoms with Crippen LogP contribution in [0, 0.1) is 0 Å². The average Bonchev–Trinajstić information content (AvgIpc) is 2.08. The van der Waals surface area contributed by atoms with Crippen molar-refractivity contribution in [1.82, 2.24) is 0 Å². The van der Waals surface area contributed by atoms with E-state index in [-0.39, 0.29) is 11.4 Å². The molecule has 0 atom stereocenters. The molecule has 0 saturated heterocycles. The molecule has 0 N–H and O–H groups in total. The summed E-state index contributed by atoms with van der Waals surface area (Å²) in [5, 5.41) is 0. The molecule has 0 aromatic heterocycles. The molecule has 0 unspecified atom stereocenters. The molecule has 0 aromatic rings. The molecule has 1 aliphatic rings. The SMILES string of the molecule is CC1(OCCI)C=CC(=O)C=C1. The first-order valence-corrected chi connectivity index (χ1v) is 5.31. The number of allylic oxidation sites excluding steroid dienone is 2. The van der Waals surface area contributed by atoms with Crippen LogP contribution in [-0.4, -0.2) is 22.4 Å². The number of halogens is 1. The van der Waals surface area contributed by atoms with Gasteiger partial charge in [-0.2, -0.15) is 0 Å². The Labute approximate surface area is 85.8 Å². The first-order chi connectivity index (χ1) is 5.66. The lowest BCUT2D eigenvalue weighted by Gasteiger charge is -2.23. The zero-order valence-corrected chi connectivity index (χ0v) is 9.08. The molecule has 3 heteroatoms. The molecule has 1 rings (SSSR count). The lowest BCUT2D eigenvalue weighted by molar-refractivity contribution is -0.110. The van der Waals surface area contributed by atoms with Gasteiger partial charge in [0, 0.05) is 4.43 Å². The molecule has 0 aliphatic heterocycles. The van der Waals surface area contributed by atoms with Crippen LogP contribution in [0.3, 0.4) is 0 Å². The fourth-order valence-corrected chi connectivity index (χ4v) is 1.18. The van der Waals surface area contributed by atoms with Crippen LogP contribution < -0.4 is 0 Å². The van der Waals surface area contributed by atoms with Gasteiger partial charge in [0.05, 0.1) is 6.61 Å². The minimum Gasteiger partial charge on any atom is -0.366 e. The maximum absolute atomic E-state index is 10.8. The highest BCUT2D eigenvalue weighted by Gasteiger charge is 2.20. The smallest absolute Gasteiger partial charge is 0.178 e. The Kier molecular flexibility index (Phi) is 3.46. The first-order valence-electron chi connectivity index (χ1n) is 3.79. The van der Waals surface area contributed by atoms with Crippen molar-refractivity contribution >= 4 is 28.4 Å². The van der Waals surface area contributed by atoms with Crippen molar-refractivity contribution < 1.29 is 9.53 Å². The van der Waals surface area contributed by atoms with Crippen LogP contribution in [0.15, 0.2) is 24.3 Å². The molecule has 0 fully saturated rings. The van der Waals surface area contributed by atoms with Crippen LogP contribution in [0.1, 0.15) is 6.92 Å². The normalized spacial score (nSPS) is 20.0. The number of alkyl halides is 1. The van der Waals surface area contributed by atoms with Crippen LogP contribution in [0.2, 0.25) is 0 Å². The predicted octanol–water partition coefficient (Wildman–Crippen LogP) is 1.89. The fourth-order valence-electron chi connectivity index (χ4n) is 0.961. The van der Waals surface area contributed by atoms with Gasteiger partial charge in [0.15, 0.2) is 5.78 Å². The summed E-state index contributed by atoms with van der Waals surface area (Å²) in [5.41, 5.74) is -0.376. The minimum atomic E-state index is -0.376. The predicted molar refractivity (Wildman–Crippen MR) is 56.5 cm³/mol. The van der Waals surface area contributed by atoms with E-state index in [4.69, 9.17) is 4.74 Å². The van der Waals surface area contributed by atoms with E-state index in [0.29, 0.717) is 6.61 Å². The summed E-state index contributed by atoms with van der Waals surface area (Å²) in [7, 11) is 0. The Hall–Kier alpha value is -0.160. The molecule has 66 valence electrons. The van der Waals surface area contributed by atoms with Crippen molar-refractivity contribution in [2.45, 2.75) is 12.5 Å². The molecule has 2 nitrogen and oxygen atoms in total. The third kappa shape index (κ3) is 2.71. The number of rotatable bonds is 3. The van der Waals surface area contributed by atoms with Crippen molar-refractivity contribution in [1.29, 1.82) is 0 Å². The molecular formula is C9H11IO2. The number of hydrogen-bond donors (Lipinski definition) is 0. The van der Waals surface area contributed by atoms with Gasteiger partial charge in [-0.1, -0.05) is 22.6 Å². The summed E-state index contributed by atoms with van der Waals surface area (Å²) in [6.45, 7) is 2.65. The lowest BCUT2D eigenvalue weighted by Crippen LogP contribution is -2.26. The summed E-state index contributed by atoms with van der Waals surface area (Å²) in [6, 6.07) is 0. The van der Waals surface area contributed by atoms with Crippen molar-refractivity contribution in [3.63, 3.8) is 0 Å². The zero-order valence-electron chi connectivity index (χ0n) is 6.92. The zero-order chi connectivity index (χ0) is 9.03. The van der Waals surface area contributed by atoms with Crippen molar-refractivity contribution in [3.8, 4) is 0 Å². The third-order valence-corrected chi connectivity index (χ3v) is 2.09. The van der Waals surface area contributed by atoms with E-state index in [1.807, 2.05) is 6.92 Å². The Balaban J connectivity index is 2.55. The van der Waals surface area contributed by atoms with Gasteiger partial charge in [-0.3, -0.25) is 4.79 Å². The van der Waals surface area contributed by atoms with E-state index < -0.39 is 0 Å². The molecule has 0 amide bonds. The third-order valence-electron chi connectivity index (χ3n) is 1.65. The first kappa shape index (κ1) is 9.92. The van der Waals surface area contributed by atoms with E-state index in [1.165, 1.54) is 0 Å². The molecule has 0 bridgehead atoms. The second-order valence-corrected chi connectivity index (χ2v) is 3.87. The molecule has 12 heavy (non-hydrogen) atoms. The van der Waals surface area contributed by atoms with Gasteiger partial charge in [0.2, 0.25) is 0 Å². The molecule has 0 spiro atoms. The summed E-state index contributed by atoms with van der Waals surface area (Å²) < 4.78 is 6.50. The maximum Gasteiger partial charge on any atom is 0.178 e. The van der Waals surface area contributed by atoms with Gasteiger partial charge < -0.3 is 4.74 Å². The Morgan fingerprint density at radius 1 is 1.50 bits per heavy atom. The Morgan fingerprint density at radius 2 is 2.08 bits per heavy atom. The van der Waals surface area contributed by atoms with Crippen molar-refractivity contribution in [3.05, 3.63) is 24.3 Å². The summed E-state index contributed by atoms with van der Waals surface area (Å²) in [6.07, 6.45) is 6.68. The number of ether oxygens (including phenoxy) is 1. The molecule has 1 aliphatic carbocycles. The van der Waals surface area contributed by atoms with E-state index in [0.717, 1.165) is 4.43 Å². The Morgan fingerprint density at radius 3 is 2.58 bits per heavy atom. The van der Waals surface area contributed by atoms with E-state index in [9.17, 15) is 4.79 Å². The van der Waals surface area contributed by atoms with Crippen molar-refractivity contribution in [2.24, 2.45) is 0 Å². The number of carbonyl (C=O) groups is 1. The van der Waals surface area contributed by atoms with Gasteiger partial charge in [-0.05, 0) is 31.2 Å². The molecular weight excluding hydrogens is 267 g/mol. The standard InChI is InChI=1S/C9H11IO2/c1-9(12-7-6-10)4-2-8(11)3-5-9/h2-5H,6-7H2,1H3. The van der Waals surface area contributed by atoms with E-state index in [2.05, 4.69) is 22.6 Å². The fraction of sp³-hybridized carbons (Fsp3) is 0.444. The van der Waals surface area contributed by atoms with Gasteiger partial charge >= 0.3 is 0 Å². The second-order valence-electron chi connectivity index (χ2n) is 2.79. The quantitative estimate of drug-likeness (QED) is 0.582. The average molecular weight is 278 g/mol. The van der Waals surface area contributed by atoms with Crippen molar-refractivity contribution in [2.75, 3.05) is 11.0 Å². The number of ketones is 1. The van der Waals surface area contributed by atoms with Crippen LogP contribution in [0.25, 0.3) is 0 Å². The monoisotopic (exact) mass is 278 g/mol. The number of carbonyl (C=O) groups excluding carboxylic acids is 1. The molecule has 0 heterocycles. The summed E-state index contributed by atoms with van der Waals surface area (Å²) >= 11 is 2.25. The van der Waals surface area contributed by atoms with Crippen LogP contribution in [-0.2, 0) is 9.53 Å². The van der Waals surface area contributed by atoms with Crippen LogP contribution in [0.5, 0.6) is 0 Å². The van der Waals surface area contributed by atoms with Gasteiger partial charge in [-0.25, -0.2) is 0 Å². The highest BCUT2D eigenvalue weighted by Crippen LogP contribution is 2.17. The topological polar surface area (TPSA) is 26.3 Å². The van der Waals surface area contributed by atoms with E-state index in [1.54, 1.807) is 24.3 Å². The summed E-state index contributed by atoms with van der Waals surface area (Å²) in [4.78, 5) is 10.8. The van der Waals surface area contributed by atoms with Gasteiger partial charge in [0.1, 0.15) is 5.60 Å². The lowest BCUT2D eigenvalue weighted by atomic mass is 10.00. The number of hydrogen-bond acceptors (Lipinski definition) is 2. The van der Waals surface area contributed by atoms with Crippen LogP contribution >= 0.6 is 22.6 Å². The largest absolute Gasteiger partial charge is 0.366 e. The highest BCUT2D eigenvalue weighted by atomic mass is 127. The Bertz CT molecular complexity index is 215. The highest BCUT2D eigenvalue weighted by molar-refractivity contribution is 14.1. The molecule has 0 aromatic carbocycles. The second kappa shape index (κ2) is 4.18.